The first-order chi connectivity index (χ1) is 11.8. The Bertz CT molecular complexity index is 1090. The Morgan fingerprint density at radius 2 is 1.92 bits per heavy atom. The first-order valence-corrected chi connectivity index (χ1v) is 8.83. The number of benzene rings is 2. The predicted molar refractivity (Wildman–Crippen MR) is 94.5 cm³/mol. The van der Waals surface area contributed by atoms with Crippen LogP contribution in [0, 0.1) is 6.92 Å². The van der Waals surface area contributed by atoms with Gasteiger partial charge in [0.05, 0.1) is 22.5 Å². The molecule has 0 fully saturated rings. The summed E-state index contributed by atoms with van der Waals surface area (Å²) in [4.78, 5) is 15.3. The standard InChI is InChI=1S/C17H15N3O4S/c1-10-6-7-13-12(8-10)16(15(9-19-13)25(18,23)24)20-14-5-3-2-4-11(14)17(21)22/h2-9H,1H3,(H,19,20)(H,21,22)(H2,18,23,24). The number of aryl methyl sites for hydroxylation is 1. The molecule has 0 atom stereocenters. The molecule has 3 aromatic rings. The number of aromatic nitrogens is 1. The number of nitrogens with one attached hydrogen (secondary N) is 1. The largest absolute Gasteiger partial charge is 0.478 e. The van der Waals surface area contributed by atoms with Gasteiger partial charge >= 0.3 is 5.97 Å². The second-order valence-corrected chi connectivity index (χ2v) is 7.07. The molecular formula is C17H15N3O4S. The summed E-state index contributed by atoms with van der Waals surface area (Å²) >= 11 is 0. The van der Waals surface area contributed by atoms with E-state index in [1.165, 1.54) is 12.3 Å². The molecule has 0 unspecified atom stereocenters. The molecule has 0 aliphatic heterocycles. The number of nitrogens with two attached hydrogens (primary N) is 1. The molecule has 3 rings (SSSR count). The van der Waals surface area contributed by atoms with Crippen molar-refractivity contribution in [2.45, 2.75) is 11.8 Å². The van der Waals surface area contributed by atoms with Gasteiger partial charge in [-0.3, -0.25) is 4.98 Å². The molecule has 7 nitrogen and oxygen atoms in total. The van der Waals surface area contributed by atoms with Crippen LogP contribution >= 0.6 is 0 Å². The second-order valence-electron chi connectivity index (χ2n) is 5.54. The Morgan fingerprint density at radius 3 is 2.60 bits per heavy atom. The number of hydrogen-bond acceptors (Lipinski definition) is 5. The molecule has 0 saturated heterocycles. The highest BCUT2D eigenvalue weighted by Crippen LogP contribution is 2.33. The van der Waals surface area contributed by atoms with Crippen molar-refractivity contribution >= 4 is 38.3 Å². The van der Waals surface area contributed by atoms with E-state index in [0.717, 1.165) is 5.56 Å². The van der Waals surface area contributed by atoms with Gasteiger partial charge in [0, 0.05) is 11.6 Å². The monoisotopic (exact) mass is 357 g/mol. The molecular weight excluding hydrogens is 342 g/mol. The summed E-state index contributed by atoms with van der Waals surface area (Å²) in [5.74, 6) is -1.13. The van der Waals surface area contributed by atoms with E-state index in [1.54, 1.807) is 30.3 Å². The van der Waals surface area contributed by atoms with Crippen LogP contribution < -0.4 is 10.5 Å². The van der Waals surface area contributed by atoms with Crippen LogP contribution in [-0.2, 0) is 10.0 Å². The lowest BCUT2D eigenvalue weighted by Crippen LogP contribution is -2.15. The van der Waals surface area contributed by atoms with Crippen LogP contribution in [0.2, 0.25) is 0 Å². The molecule has 0 bridgehead atoms. The van der Waals surface area contributed by atoms with E-state index in [0.29, 0.717) is 10.9 Å². The van der Waals surface area contributed by atoms with Crippen LogP contribution in [0.1, 0.15) is 15.9 Å². The number of fused-ring (bicyclic) bond motifs is 1. The first-order valence-electron chi connectivity index (χ1n) is 7.29. The van der Waals surface area contributed by atoms with Gasteiger partial charge in [0.25, 0.3) is 0 Å². The zero-order chi connectivity index (χ0) is 18.2. The predicted octanol–water partition coefficient (Wildman–Crippen LogP) is 2.63. The Labute approximate surface area is 144 Å². The molecule has 1 heterocycles. The number of aromatic carboxylic acids is 1. The van der Waals surface area contributed by atoms with Gasteiger partial charge in [-0.1, -0.05) is 23.8 Å². The number of para-hydroxylation sites is 1. The van der Waals surface area contributed by atoms with Gasteiger partial charge in [-0.05, 0) is 31.2 Å². The third kappa shape index (κ3) is 3.30. The molecule has 0 aliphatic carbocycles. The number of anilines is 2. The van der Waals surface area contributed by atoms with Crippen molar-refractivity contribution in [2.75, 3.05) is 5.32 Å². The van der Waals surface area contributed by atoms with Crippen LogP contribution in [-0.4, -0.2) is 24.5 Å². The molecule has 4 N–H and O–H groups in total. The lowest BCUT2D eigenvalue weighted by atomic mass is 10.1. The SMILES string of the molecule is Cc1ccc2ncc(S(N)(=O)=O)c(Nc3ccccc3C(=O)O)c2c1. The first kappa shape index (κ1) is 16.9. The summed E-state index contributed by atoms with van der Waals surface area (Å²) in [6.07, 6.45) is 1.17. The van der Waals surface area contributed by atoms with Crippen LogP contribution in [0.4, 0.5) is 11.4 Å². The highest BCUT2D eigenvalue weighted by Gasteiger charge is 2.20. The molecule has 8 heteroatoms. The number of carbonyl (C=O) groups is 1. The van der Waals surface area contributed by atoms with Crippen molar-refractivity contribution < 1.29 is 18.3 Å². The molecule has 0 saturated carbocycles. The number of nitrogens with zero attached hydrogens (tertiary/aromatic N) is 1. The Balaban J connectivity index is 2.30. The number of carboxylic acids is 1. The van der Waals surface area contributed by atoms with Gasteiger partial charge < -0.3 is 10.4 Å². The number of rotatable bonds is 4. The minimum Gasteiger partial charge on any atom is -0.478 e. The van der Waals surface area contributed by atoms with Gasteiger partial charge in [-0.2, -0.15) is 0 Å². The summed E-state index contributed by atoms with van der Waals surface area (Å²) in [5.41, 5.74) is 1.93. The molecule has 0 spiro atoms. The molecule has 0 amide bonds. The fourth-order valence-corrected chi connectivity index (χ4v) is 3.19. The van der Waals surface area contributed by atoms with Gasteiger partial charge in [-0.25, -0.2) is 18.4 Å². The Morgan fingerprint density at radius 1 is 1.20 bits per heavy atom. The zero-order valence-corrected chi connectivity index (χ0v) is 14.0. The molecule has 0 aliphatic rings. The van der Waals surface area contributed by atoms with Crippen molar-refractivity contribution in [1.82, 2.24) is 4.98 Å². The number of pyridine rings is 1. The summed E-state index contributed by atoms with van der Waals surface area (Å²) in [7, 11) is -4.06. The van der Waals surface area contributed by atoms with Gasteiger partial charge in [0.15, 0.2) is 0 Å². The normalized spacial score (nSPS) is 11.4. The summed E-state index contributed by atoms with van der Waals surface area (Å²) in [6.45, 7) is 1.86. The summed E-state index contributed by atoms with van der Waals surface area (Å²) in [5, 5.41) is 18.1. The quantitative estimate of drug-likeness (QED) is 0.660. The average molecular weight is 357 g/mol. The van der Waals surface area contributed by atoms with Crippen molar-refractivity contribution in [1.29, 1.82) is 0 Å². The van der Waals surface area contributed by atoms with E-state index in [9.17, 15) is 18.3 Å². The maximum atomic E-state index is 12.0. The second kappa shape index (κ2) is 6.15. The molecule has 1 aromatic heterocycles. The number of sulfonamides is 1. The van der Waals surface area contributed by atoms with Crippen LogP contribution in [0.25, 0.3) is 10.9 Å². The summed E-state index contributed by atoms with van der Waals surface area (Å²) < 4.78 is 23.9. The fraction of sp³-hybridized carbons (Fsp3) is 0.0588. The molecule has 0 radical (unpaired) electrons. The topological polar surface area (TPSA) is 122 Å². The average Bonchev–Trinajstić information content (AvgIpc) is 2.54. The van der Waals surface area contributed by atoms with Crippen molar-refractivity contribution in [3.8, 4) is 0 Å². The Hall–Kier alpha value is -2.97. The third-order valence-electron chi connectivity index (χ3n) is 3.71. The van der Waals surface area contributed by atoms with Crippen LogP contribution in [0.15, 0.2) is 53.6 Å². The maximum absolute atomic E-state index is 12.0. The van der Waals surface area contributed by atoms with E-state index >= 15 is 0 Å². The molecule has 25 heavy (non-hydrogen) atoms. The fourth-order valence-electron chi connectivity index (χ4n) is 2.55. The van der Waals surface area contributed by atoms with E-state index in [1.807, 2.05) is 13.0 Å². The van der Waals surface area contributed by atoms with E-state index in [4.69, 9.17) is 5.14 Å². The van der Waals surface area contributed by atoms with E-state index in [2.05, 4.69) is 10.3 Å². The number of carboxylic acid groups (broad SMARTS) is 1. The lowest BCUT2D eigenvalue weighted by molar-refractivity contribution is 0.0698. The zero-order valence-electron chi connectivity index (χ0n) is 13.2. The van der Waals surface area contributed by atoms with Crippen molar-refractivity contribution in [3.05, 3.63) is 59.8 Å². The third-order valence-corrected chi connectivity index (χ3v) is 4.63. The summed E-state index contributed by atoms with van der Waals surface area (Å²) in [6, 6.07) is 11.6. The smallest absolute Gasteiger partial charge is 0.337 e. The van der Waals surface area contributed by atoms with E-state index < -0.39 is 16.0 Å². The number of primary sulfonamides is 1. The van der Waals surface area contributed by atoms with Gasteiger partial charge in [-0.15, -0.1) is 0 Å². The maximum Gasteiger partial charge on any atom is 0.337 e. The van der Waals surface area contributed by atoms with Gasteiger partial charge in [0.1, 0.15) is 4.90 Å². The molecule has 128 valence electrons. The molecule has 2 aromatic carbocycles. The lowest BCUT2D eigenvalue weighted by Gasteiger charge is -2.15. The van der Waals surface area contributed by atoms with Gasteiger partial charge in [0.2, 0.25) is 10.0 Å². The van der Waals surface area contributed by atoms with Crippen molar-refractivity contribution in [3.63, 3.8) is 0 Å². The highest BCUT2D eigenvalue weighted by atomic mass is 32.2. The van der Waals surface area contributed by atoms with E-state index in [-0.39, 0.29) is 21.8 Å². The highest BCUT2D eigenvalue weighted by molar-refractivity contribution is 7.89. The van der Waals surface area contributed by atoms with Crippen molar-refractivity contribution in [2.24, 2.45) is 5.14 Å². The number of hydrogen-bond donors (Lipinski definition) is 3. The Kier molecular flexibility index (Phi) is 4.15. The van der Waals surface area contributed by atoms with Crippen LogP contribution in [0.5, 0.6) is 0 Å². The van der Waals surface area contributed by atoms with Crippen LogP contribution in [0.3, 0.4) is 0 Å². The minimum atomic E-state index is -4.06. The minimum absolute atomic E-state index is 0.0143.